The maximum absolute atomic E-state index is 11.5. The zero-order valence-electron chi connectivity index (χ0n) is 18.6. The molecule has 0 unspecified atom stereocenters. The number of benzene rings is 2. The smallest absolute Gasteiger partial charge is 0.254 e. The van der Waals surface area contributed by atoms with E-state index in [2.05, 4.69) is 23.5 Å². The Morgan fingerprint density at radius 3 is 2.44 bits per heavy atom. The van der Waals surface area contributed by atoms with Crippen LogP contribution < -0.4 is 15.8 Å². The summed E-state index contributed by atoms with van der Waals surface area (Å²) in [4.78, 5) is 15.6. The Kier molecular flexibility index (Phi) is 9.05. The number of ether oxygens (including phenoxy) is 1. The molecule has 32 heavy (non-hydrogen) atoms. The number of rotatable bonds is 8. The van der Waals surface area contributed by atoms with E-state index in [-0.39, 0.29) is 11.4 Å². The number of hydrogen-bond acceptors (Lipinski definition) is 4. The van der Waals surface area contributed by atoms with E-state index in [9.17, 15) is 4.79 Å². The van der Waals surface area contributed by atoms with Crippen LogP contribution in [0.5, 0.6) is 11.6 Å². The molecule has 3 rings (SSSR count). The third-order valence-corrected chi connectivity index (χ3v) is 4.75. The second-order valence-electron chi connectivity index (χ2n) is 6.79. The van der Waals surface area contributed by atoms with Gasteiger partial charge in [-0.25, -0.2) is 4.98 Å². The number of carbonyl (C=O) groups is 1. The van der Waals surface area contributed by atoms with Gasteiger partial charge in [-0.1, -0.05) is 68.9 Å². The predicted octanol–water partition coefficient (Wildman–Crippen LogP) is 6.28. The molecule has 0 spiro atoms. The lowest BCUT2D eigenvalue weighted by atomic mass is 10.1. The van der Waals surface area contributed by atoms with Crippen LogP contribution in [-0.4, -0.2) is 10.9 Å². The molecular weight excluding hydrogens is 422 g/mol. The minimum Gasteiger partial charge on any atom is -0.437 e. The lowest BCUT2D eigenvalue weighted by Crippen LogP contribution is -2.13. The number of nitrogens with zero attached hydrogens (tertiary/aromatic N) is 1. The van der Waals surface area contributed by atoms with Gasteiger partial charge in [0, 0.05) is 29.6 Å². The Hall–Kier alpha value is -3.57. The number of aromatic nitrogens is 1. The van der Waals surface area contributed by atoms with Gasteiger partial charge in [-0.3, -0.25) is 4.79 Å². The van der Waals surface area contributed by atoms with Crippen LogP contribution in [0.15, 0.2) is 79.6 Å². The fraction of sp³-hybridized carbons (Fsp3) is 0.154. The van der Waals surface area contributed by atoms with Crippen molar-refractivity contribution >= 4 is 23.2 Å². The van der Waals surface area contributed by atoms with Crippen molar-refractivity contribution in [1.29, 1.82) is 0 Å². The minimum atomic E-state index is -0.623. The summed E-state index contributed by atoms with van der Waals surface area (Å²) in [7, 11) is 0. The average molecular weight is 450 g/mol. The monoisotopic (exact) mass is 449 g/mol. The van der Waals surface area contributed by atoms with Crippen LogP contribution in [-0.2, 0) is 6.42 Å². The summed E-state index contributed by atoms with van der Waals surface area (Å²) < 4.78 is 5.70. The van der Waals surface area contributed by atoms with Crippen molar-refractivity contribution in [1.82, 2.24) is 10.3 Å². The first-order chi connectivity index (χ1) is 15.3. The highest BCUT2D eigenvalue weighted by Crippen LogP contribution is 2.31. The summed E-state index contributed by atoms with van der Waals surface area (Å²) in [5.41, 5.74) is 10.2. The molecule has 0 saturated heterocycles. The molecule has 3 N–H and O–H groups in total. The Morgan fingerprint density at radius 1 is 1.09 bits per heavy atom. The first kappa shape index (κ1) is 24.7. The summed E-state index contributed by atoms with van der Waals surface area (Å²) >= 11 is 6.38. The van der Waals surface area contributed by atoms with E-state index < -0.39 is 5.91 Å². The van der Waals surface area contributed by atoms with E-state index in [1.807, 2.05) is 51.1 Å². The molecule has 0 saturated carbocycles. The molecule has 0 atom stereocenters. The average Bonchev–Trinajstić information content (AvgIpc) is 2.77. The van der Waals surface area contributed by atoms with Gasteiger partial charge in [0.2, 0.25) is 5.88 Å². The topological polar surface area (TPSA) is 77.2 Å². The third-order valence-electron chi connectivity index (χ3n) is 4.45. The molecule has 1 heterocycles. The molecule has 166 valence electrons. The molecular formula is C26H28ClN3O2. The van der Waals surface area contributed by atoms with E-state index in [1.165, 1.54) is 6.20 Å². The zero-order chi connectivity index (χ0) is 23.7. The van der Waals surface area contributed by atoms with Crippen LogP contribution in [0.4, 0.5) is 0 Å². The molecule has 5 nitrogen and oxygen atoms in total. The van der Waals surface area contributed by atoms with E-state index in [1.54, 1.807) is 24.3 Å². The first-order valence-electron chi connectivity index (χ1n) is 10.3. The van der Waals surface area contributed by atoms with Crippen molar-refractivity contribution in [3.05, 3.63) is 107 Å². The quantitative estimate of drug-likeness (QED) is 0.424. The summed E-state index contributed by atoms with van der Waals surface area (Å²) in [5, 5.41) is 3.64. The van der Waals surface area contributed by atoms with Crippen molar-refractivity contribution in [2.45, 2.75) is 27.2 Å². The number of hydrogen-bond donors (Lipinski definition) is 2. The lowest BCUT2D eigenvalue weighted by molar-refractivity contribution is 0.0997. The number of pyridine rings is 1. The van der Waals surface area contributed by atoms with E-state index in [0.29, 0.717) is 17.2 Å². The first-order valence-corrected chi connectivity index (χ1v) is 10.6. The van der Waals surface area contributed by atoms with Crippen molar-refractivity contribution in [3.8, 4) is 11.6 Å². The Balaban J connectivity index is 0.00000176. The SMILES string of the molecule is C=C(Cc1ccc(Oc2ncccc2C(N)=O)c(Cl)c1)NC(=C)c1ccccc1C.CC. The molecule has 0 fully saturated rings. The highest BCUT2D eigenvalue weighted by atomic mass is 35.5. The van der Waals surface area contributed by atoms with Gasteiger partial charge in [0.05, 0.1) is 5.02 Å². The molecule has 0 radical (unpaired) electrons. The highest BCUT2D eigenvalue weighted by molar-refractivity contribution is 6.32. The van der Waals surface area contributed by atoms with E-state index in [0.717, 1.165) is 28.1 Å². The molecule has 0 aliphatic heterocycles. The Labute approximate surface area is 194 Å². The van der Waals surface area contributed by atoms with Gasteiger partial charge in [-0.05, 0) is 42.3 Å². The number of primary amides is 1. The Bertz CT molecular complexity index is 1130. The number of aryl methyl sites for hydroxylation is 1. The standard InChI is InChI=1S/C24H22ClN3O2.C2H6/c1-15-7-4-5-8-19(15)17(3)28-16(2)13-18-10-11-22(21(25)14-18)30-24-20(23(26)29)9-6-12-27-24;1-2/h4-12,14,28H,2-3,13H2,1H3,(H2,26,29);1-2H3. The predicted molar refractivity (Wildman–Crippen MR) is 132 cm³/mol. The number of halogens is 1. The number of allylic oxidation sites excluding steroid dienone is 1. The molecule has 1 amide bonds. The zero-order valence-corrected chi connectivity index (χ0v) is 19.4. The number of carbonyl (C=O) groups excluding carboxylic acids is 1. The van der Waals surface area contributed by atoms with Crippen LogP contribution in [0.3, 0.4) is 0 Å². The number of amides is 1. The van der Waals surface area contributed by atoms with Crippen LogP contribution in [0.1, 0.15) is 40.9 Å². The van der Waals surface area contributed by atoms with Gasteiger partial charge >= 0.3 is 0 Å². The molecule has 0 bridgehead atoms. The second-order valence-corrected chi connectivity index (χ2v) is 7.19. The third kappa shape index (κ3) is 6.46. The van der Waals surface area contributed by atoms with Crippen molar-refractivity contribution in [2.75, 3.05) is 0 Å². The van der Waals surface area contributed by atoms with Crippen molar-refractivity contribution < 1.29 is 9.53 Å². The summed E-state index contributed by atoms with van der Waals surface area (Å²) in [6, 6.07) is 16.6. The van der Waals surface area contributed by atoms with Gasteiger partial charge in [0.15, 0.2) is 0 Å². The number of nitrogens with two attached hydrogens (primary N) is 1. The van der Waals surface area contributed by atoms with Crippen LogP contribution in [0.2, 0.25) is 5.02 Å². The highest BCUT2D eigenvalue weighted by Gasteiger charge is 2.13. The van der Waals surface area contributed by atoms with Crippen LogP contribution in [0.25, 0.3) is 5.70 Å². The van der Waals surface area contributed by atoms with Gasteiger partial charge in [-0.15, -0.1) is 0 Å². The lowest BCUT2D eigenvalue weighted by Gasteiger charge is -2.15. The van der Waals surface area contributed by atoms with Gasteiger partial charge < -0.3 is 15.8 Å². The molecule has 1 aromatic heterocycles. The maximum atomic E-state index is 11.5. The summed E-state index contributed by atoms with van der Waals surface area (Å²) in [6.07, 6.45) is 2.07. The maximum Gasteiger partial charge on any atom is 0.254 e. The molecule has 0 aliphatic rings. The number of nitrogens with one attached hydrogen (secondary N) is 1. The van der Waals surface area contributed by atoms with E-state index >= 15 is 0 Å². The fourth-order valence-electron chi connectivity index (χ4n) is 2.98. The normalized spacial score (nSPS) is 9.88. The largest absolute Gasteiger partial charge is 0.437 e. The molecule has 6 heteroatoms. The molecule has 0 aliphatic carbocycles. The molecule has 3 aromatic rings. The van der Waals surface area contributed by atoms with Crippen molar-refractivity contribution in [2.24, 2.45) is 5.73 Å². The van der Waals surface area contributed by atoms with Crippen molar-refractivity contribution in [3.63, 3.8) is 0 Å². The van der Waals surface area contributed by atoms with E-state index in [4.69, 9.17) is 22.1 Å². The minimum absolute atomic E-state index is 0.111. The van der Waals surface area contributed by atoms with Gasteiger partial charge in [0.25, 0.3) is 5.91 Å². The second kappa shape index (κ2) is 11.7. The molecule has 2 aromatic carbocycles. The van der Waals surface area contributed by atoms with Crippen LogP contribution >= 0.6 is 11.6 Å². The summed E-state index contributed by atoms with van der Waals surface area (Å²) in [5.74, 6) is -0.133. The van der Waals surface area contributed by atoms with Gasteiger partial charge in [-0.2, -0.15) is 0 Å². The fourth-order valence-corrected chi connectivity index (χ4v) is 3.23. The van der Waals surface area contributed by atoms with Gasteiger partial charge in [0.1, 0.15) is 11.3 Å². The summed E-state index contributed by atoms with van der Waals surface area (Å²) in [6.45, 7) is 14.2. The van der Waals surface area contributed by atoms with Crippen LogP contribution in [0, 0.1) is 6.92 Å². The Morgan fingerprint density at radius 2 is 1.78 bits per heavy atom.